The molecule has 1 heterocycles. The van der Waals surface area contributed by atoms with Crippen LogP contribution in [0.5, 0.6) is 0 Å². The molecule has 0 aromatic carbocycles. The molecule has 104 valence electrons. The molecule has 1 saturated carbocycles. The lowest BCUT2D eigenvalue weighted by Crippen LogP contribution is -2.47. The summed E-state index contributed by atoms with van der Waals surface area (Å²) in [6, 6.07) is 1.06. The minimum atomic E-state index is 0.214. The van der Waals surface area contributed by atoms with Crippen molar-refractivity contribution >= 4 is 5.91 Å². The van der Waals surface area contributed by atoms with Crippen LogP contribution in [-0.4, -0.2) is 50.1 Å². The Hall–Kier alpha value is -0.610. The average Bonchev–Trinajstić information content (AvgIpc) is 2.39. The van der Waals surface area contributed by atoms with Gasteiger partial charge in [-0.05, 0) is 59.2 Å². The van der Waals surface area contributed by atoms with Gasteiger partial charge in [0.15, 0.2) is 0 Å². The van der Waals surface area contributed by atoms with E-state index in [1.54, 1.807) is 0 Å². The van der Waals surface area contributed by atoms with E-state index in [1.165, 1.54) is 12.8 Å². The Labute approximate surface area is 110 Å². The van der Waals surface area contributed by atoms with E-state index in [2.05, 4.69) is 22.6 Å². The van der Waals surface area contributed by atoms with E-state index in [0.29, 0.717) is 12.1 Å². The molecule has 1 unspecified atom stereocenters. The first-order valence-corrected chi connectivity index (χ1v) is 7.35. The number of amides is 1. The molecular formula is C14H27N3O. The molecule has 0 aromatic heterocycles. The van der Waals surface area contributed by atoms with Crippen molar-refractivity contribution in [2.75, 3.05) is 27.2 Å². The third kappa shape index (κ3) is 3.69. The fourth-order valence-corrected chi connectivity index (χ4v) is 3.23. The van der Waals surface area contributed by atoms with E-state index in [-0.39, 0.29) is 11.8 Å². The molecule has 2 N–H and O–H groups in total. The molecule has 0 radical (unpaired) electrons. The van der Waals surface area contributed by atoms with Gasteiger partial charge in [0.1, 0.15) is 0 Å². The van der Waals surface area contributed by atoms with E-state index >= 15 is 0 Å². The van der Waals surface area contributed by atoms with Crippen LogP contribution in [0.3, 0.4) is 0 Å². The fourth-order valence-electron chi connectivity index (χ4n) is 3.23. The molecule has 4 nitrogen and oxygen atoms in total. The van der Waals surface area contributed by atoms with Crippen LogP contribution in [0, 0.1) is 5.92 Å². The van der Waals surface area contributed by atoms with Gasteiger partial charge in [-0.25, -0.2) is 0 Å². The van der Waals surface area contributed by atoms with Crippen molar-refractivity contribution in [3.05, 3.63) is 0 Å². The summed E-state index contributed by atoms with van der Waals surface area (Å²) in [7, 11) is 4.14. The molecular weight excluding hydrogens is 226 g/mol. The zero-order valence-corrected chi connectivity index (χ0v) is 11.7. The predicted molar refractivity (Wildman–Crippen MR) is 73.5 cm³/mol. The maximum atomic E-state index is 12.2. The maximum Gasteiger partial charge on any atom is 0.224 e. The van der Waals surface area contributed by atoms with E-state index in [0.717, 1.165) is 38.8 Å². The third-order valence-corrected chi connectivity index (χ3v) is 4.48. The van der Waals surface area contributed by atoms with Crippen molar-refractivity contribution in [2.24, 2.45) is 5.92 Å². The fraction of sp³-hybridized carbons (Fsp3) is 0.929. The van der Waals surface area contributed by atoms with Gasteiger partial charge in [0.25, 0.3) is 0 Å². The molecule has 1 aliphatic heterocycles. The van der Waals surface area contributed by atoms with Crippen LogP contribution in [0.2, 0.25) is 0 Å². The maximum absolute atomic E-state index is 12.2. The highest BCUT2D eigenvalue weighted by Crippen LogP contribution is 2.20. The topological polar surface area (TPSA) is 44.4 Å². The molecule has 2 aliphatic rings. The largest absolute Gasteiger partial charge is 0.353 e. The number of rotatable bonds is 3. The molecule has 18 heavy (non-hydrogen) atoms. The molecule has 1 saturated heterocycles. The highest BCUT2D eigenvalue weighted by Gasteiger charge is 2.27. The number of hydrogen-bond acceptors (Lipinski definition) is 3. The molecule has 1 atom stereocenters. The first-order valence-electron chi connectivity index (χ1n) is 7.35. The molecule has 0 bridgehead atoms. The second-order valence-corrected chi connectivity index (χ2v) is 5.95. The second kappa shape index (κ2) is 6.53. The van der Waals surface area contributed by atoms with Crippen molar-refractivity contribution in [1.82, 2.24) is 15.5 Å². The average molecular weight is 253 g/mol. The molecule has 1 aliphatic carbocycles. The summed E-state index contributed by atoms with van der Waals surface area (Å²) < 4.78 is 0. The van der Waals surface area contributed by atoms with Gasteiger partial charge in [0, 0.05) is 18.6 Å². The number of nitrogens with zero attached hydrogens (tertiary/aromatic N) is 1. The Morgan fingerprint density at radius 2 is 1.78 bits per heavy atom. The highest BCUT2D eigenvalue weighted by molar-refractivity contribution is 5.79. The van der Waals surface area contributed by atoms with Crippen LogP contribution in [0.25, 0.3) is 0 Å². The van der Waals surface area contributed by atoms with Crippen LogP contribution < -0.4 is 10.6 Å². The number of carbonyl (C=O) groups is 1. The van der Waals surface area contributed by atoms with E-state index < -0.39 is 0 Å². The van der Waals surface area contributed by atoms with Crippen molar-refractivity contribution in [1.29, 1.82) is 0 Å². The van der Waals surface area contributed by atoms with Gasteiger partial charge in [-0.15, -0.1) is 0 Å². The summed E-state index contributed by atoms with van der Waals surface area (Å²) in [6.45, 7) is 2.06. The smallest absolute Gasteiger partial charge is 0.224 e. The summed E-state index contributed by atoms with van der Waals surface area (Å²) in [5.41, 5.74) is 0. The van der Waals surface area contributed by atoms with Crippen LogP contribution >= 0.6 is 0 Å². The van der Waals surface area contributed by atoms with Gasteiger partial charge < -0.3 is 15.5 Å². The third-order valence-electron chi connectivity index (χ3n) is 4.48. The van der Waals surface area contributed by atoms with Gasteiger partial charge in [-0.3, -0.25) is 4.79 Å². The lowest BCUT2D eigenvalue weighted by molar-refractivity contribution is -0.127. The van der Waals surface area contributed by atoms with E-state index in [1.807, 2.05) is 7.05 Å². The normalized spacial score (nSPS) is 34.2. The van der Waals surface area contributed by atoms with Crippen LogP contribution in [-0.2, 0) is 4.79 Å². The first-order chi connectivity index (χ1) is 8.69. The quantitative estimate of drug-likeness (QED) is 0.788. The lowest BCUT2D eigenvalue weighted by atomic mass is 9.90. The standard InChI is InChI=1S/C14H27N3O/c1-15-12-5-7-13(8-6-12)16-14(18)11-4-3-9-17(2)10-11/h11-13,15H,3-10H2,1-2H3,(H,16,18). The van der Waals surface area contributed by atoms with Gasteiger partial charge in [-0.1, -0.05) is 0 Å². The summed E-state index contributed by atoms with van der Waals surface area (Å²) in [4.78, 5) is 14.5. The van der Waals surface area contributed by atoms with Crippen molar-refractivity contribution in [3.8, 4) is 0 Å². The highest BCUT2D eigenvalue weighted by atomic mass is 16.2. The summed E-state index contributed by atoms with van der Waals surface area (Å²) >= 11 is 0. The molecule has 2 rings (SSSR count). The Morgan fingerprint density at radius 1 is 1.11 bits per heavy atom. The van der Waals surface area contributed by atoms with Gasteiger partial charge in [-0.2, -0.15) is 0 Å². The van der Waals surface area contributed by atoms with Crippen LogP contribution in [0.15, 0.2) is 0 Å². The monoisotopic (exact) mass is 253 g/mol. The molecule has 0 aromatic rings. The number of piperidine rings is 1. The number of hydrogen-bond donors (Lipinski definition) is 2. The van der Waals surface area contributed by atoms with Gasteiger partial charge in [0.2, 0.25) is 5.91 Å². The SMILES string of the molecule is CNC1CCC(NC(=O)C2CCCN(C)C2)CC1. The Morgan fingerprint density at radius 3 is 2.39 bits per heavy atom. The number of carbonyl (C=O) groups excluding carboxylic acids is 1. The number of nitrogens with one attached hydrogen (secondary N) is 2. The summed E-state index contributed by atoms with van der Waals surface area (Å²) in [5.74, 6) is 0.500. The molecule has 2 fully saturated rings. The zero-order chi connectivity index (χ0) is 13.0. The molecule has 1 amide bonds. The van der Waals surface area contributed by atoms with Crippen LogP contribution in [0.1, 0.15) is 38.5 Å². The van der Waals surface area contributed by atoms with Crippen LogP contribution in [0.4, 0.5) is 0 Å². The minimum absolute atomic E-state index is 0.214. The van der Waals surface area contributed by atoms with Gasteiger partial charge >= 0.3 is 0 Å². The Balaban J connectivity index is 1.74. The Kier molecular flexibility index (Phi) is 5.01. The summed E-state index contributed by atoms with van der Waals surface area (Å²) in [5, 5.41) is 6.59. The first kappa shape index (κ1) is 13.8. The van der Waals surface area contributed by atoms with Crippen molar-refractivity contribution in [2.45, 2.75) is 50.6 Å². The van der Waals surface area contributed by atoms with Gasteiger partial charge in [0.05, 0.1) is 5.92 Å². The van der Waals surface area contributed by atoms with E-state index in [9.17, 15) is 4.79 Å². The molecule has 4 heteroatoms. The zero-order valence-electron chi connectivity index (χ0n) is 11.7. The van der Waals surface area contributed by atoms with E-state index in [4.69, 9.17) is 0 Å². The van der Waals surface area contributed by atoms with Crippen molar-refractivity contribution < 1.29 is 4.79 Å². The minimum Gasteiger partial charge on any atom is -0.353 e. The van der Waals surface area contributed by atoms with Crippen molar-refractivity contribution in [3.63, 3.8) is 0 Å². The summed E-state index contributed by atoms with van der Waals surface area (Å²) in [6.07, 6.45) is 6.83. The Bertz CT molecular complexity index is 274. The molecule has 0 spiro atoms. The predicted octanol–water partition coefficient (Wildman–Crippen LogP) is 0.975. The second-order valence-electron chi connectivity index (χ2n) is 5.95. The lowest BCUT2D eigenvalue weighted by Gasteiger charge is -2.32. The number of likely N-dealkylation sites (tertiary alicyclic amines) is 1.